The molecule has 0 aliphatic heterocycles. The van der Waals surface area contributed by atoms with Gasteiger partial charge in [-0.2, -0.15) is 8.42 Å². The SMILES string of the molecule is Cc1ccc(S(=O)(=O)OCCCCCOC2CCCCC2)cc1. The van der Waals surface area contributed by atoms with E-state index in [0.29, 0.717) is 6.10 Å². The molecule has 0 unspecified atom stereocenters. The summed E-state index contributed by atoms with van der Waals surface area (Å²) in [5.74, 6) is 0. The predicted octanol–water partition coefficient (Wildman–Crippen LogP) is 4.22. The van der Waals surface area contributed by atoms with Crippen LogP contribution in [0.4, 0.5) is 0 Å². The molecule has 1 aliphatic carbocycles. The average Bonchev–Trinajstić information content (AvgIpc) is 2.55. The molecule has 0 heterocycles. The summed E-state index contributed by atoms with van der Waals surface area (Å²) in [4.78, 5) is 0.226. The quantitative estimate of drug-likeness (QED) is 0.499. The van der Waals surface area contributed by atoms with Gasteiger partial charge in [-0.3, -0.25) is 4.18 Å². The molecule has 0 bridgehead atoms. The van der Waals surface area contributed by atoms with E-state index in [1.807, 2.05) is 6.92 Å². The molecule has 2 rings (SSSR count). The molecule has 1 fully saturated rings. The lowest BCUT2D eigenvalue weighted by molar-refractivity contribution is 0.0260. The van der Waals surface area contributed by atoms with Crippen LogP contribution in [-0.2, 0) is 19.0 Å². The van der Waals surface area contributed by atoms with Crippen LogP contribution >= 0.6 is 0 Å². The number of hydrogen-bond acceptors (Lipinski definition) is 4. The largest absolute Gasteiger partial charge is 0.378 e. The molecule has 0 N–H and O–H groups in total. The highest BCUT2D eigenvalue weighted by Crippen LogP contribution is 2.20. The van der Waals surface area contributed by atoms with Crippen molar-refractivity contribution < 1.29 is 17.3 Å². The first-order chi connectivity index (χ1) is 11.1. The normalized spacial score (nSPS) is 16.6. The molecule has 0 spiro atoms. The second kappa shape index (κ2) is 9.40. The van der Waals surface area contributed by atoms with Crippen molar-refractivity contribution in [3.05, 3.63) is 29.8 Å². The van der Waals surface area contributed by atoms with Gasteiger partial charge in [0.2, 0.25) is 0 Å². The van der Waals surface area contributed by atoms with Gasteiger partial charge in [0.05, 0.1) is 17.6 Å². The van der Waals surface area contributed by atoms with Crippen LogP contribution in [-0.4, -0.2) is 27.7 Å². The van der Waals surface area contributed by atoms with Crippen LogP contribution in [0.3, 0.4) is 0 Å². The van der Waals surface area contributed by atoms with E-state index < -0.39 is 10.1 Å². The lowest BCUT2D eigenvalue weighted by atomic mass is 9.98. The van der Waals surface area contributed by atoms with Crippen molar-refractivity contribution in [2.24, 2.45) is 0 Å². The summed E-state index contributed by atoms with van der Waals surface area (Å²) in [6.45, 7) is 2.93. The number of rotatable bonds is 9. The second-order valence-corrected chi connectivity index (χ2v) is 7.90. The molecule has 1 saturated carbocycles. The average molecular weight is 340 g/mol. The van der Waals surface area contributed by atoms with Crippen molar-refractivity contribution in [2.75, 3.05) is 13.2 Å². The highest BCUT2D eigenvalue weighted by molar-refractivity contribution is 7.86. The monoisotopic (exact) mass is 340 g/mol. The molecule has 0 saturated heterocycles. The summed E-state index contributed by atoms with van der Waals surface area (Å²) in [5, 5.41) is 0. The van der Waals surface area contributed by atoms with E-state index in [2.05, 4.69) is 0 Å². The maximum atomic E-state index is 12.0. The maximum absolute atomic E-state index is 12.0. The summed E-state index contributed by atoms with van der Waals surface area (Å²) in [6.07, 6.45) is 9.37. The highest BCUT2D eigenvalue weighted by Gasteiger charge is 2.15. The minimum atomic E-state index is -3.62. The van der Waals surface area contributed by atoms with Gasteiger partial charge >= 0.3 is 0 Å². The van der Waals surface area contributed by atoms with Gasteiger partial charge in [-0.1, -0.05) is 37.0 Å². The van der Waals surface area contributed by atoms with E-state index in [-0.39, 0.29) is 11.5 Å². The molecule has 130 valence electrons. The van der Waals surface area contributed by atoms with Gasteiger partial charge in [-0.15, -0.1) is 0 Å². The molecule has 5 heteroatoms. The molecule has 0 aromatic heterocycles. The van der Waals surface area contributed by atoms with Gasteiger partial charge in [-0.05, 0) is 51.2 Å². The Kier molecular flexibility index (Phi) is 7.53. The Morgan fingerprint density at radius 1 is 0.957 bits per heavy atom. The van der Waals surface area contributed by atoms with E-state index >= 15 is 0 Å². The molecular formula is C18H28O4S. The Bertz CT molecular complexity index is 545. The van der Waals surface area contributed by atoms with Crippen molar-refractivity contribution in [3.63, 3.8) is 0 Å². The van der Waals surface area contributed by atoms with Gasteiger partial charge in [0.25, 0.3) is 10.1 Å². The van der Waals surface area contributed by atoms with Gasteiger partial charge in [0.15, 0.2) is 0 Å². The maximum Gasteiger partial charge on any atom is 0.296 e. The van der Waals surface area contributed by atoms with Crippen LogP contribution in [0.5, 0.6) is 0 Å². The summed E-state index contributed by atoms with van der Waals surface area (Å²) in [6, 6.07) is 6.73. The highest BCUT2D eigenvalue weighted by atomic mass is 32.2. The minimum absolute atomic E-state index is 0.226. The molecule has 23 heavy (non-hydrogen) atoms. The van der Waals surface area contributed by atoms with E-state index in [0.717, 1.165) is 31.4 Å². The van der Waals surface area contributed by atoms with E-state index in [1.165, 1.54) is 32.1 Å². The molecule has 0 radical (unpaired) electrons. The summed E-state index contributed by atoms with van der Waals surface area (Å²) < 4.78 is 34.9. The fraction of sp³-hybridized carbons (Fsp3) is 0.667. The first-order valence-electron chi connectivity index (χ1n) is 8.66. The predicted molar refractivity (Wildman–Crippen MR) is 91.0 cm³/mol. The summed E-state index contributed by atoms with van der Waals surface area (Å²) in [5.41, 5.74) is 1.03. The van der Waals surface area contributed by atoms with E-state index in [4.69, 9.17) is 8.92 Å². The summed E-state index contributed by atoms with van der Waals surface area (Å²) >= 11 is 0. The molecule has 0 amide bonds. The van der Waals surface area contributed by atoms with Gasteiger partial charge in [0, 0.05) is 6.61 Å². The number of ether oxygens (including phenoxy) is 1. The number of hydrogen-bond donors (Lipinski definition) is 0. The fourth-order valence-electron chi connectivity index (χ4n) is 2.80. The second-order valence-electron chi connectivity index (χ2n) is 6.28. The lowest BCUT2D eigenvalue weighted by Gasteiger charge is -2.21. The van der Waals surface area contributed by atoms with Crippen molar-refractivity contribution in [1.29, 1.82) is 0 Å². The molecule has 1 aromatic carbocycles. The molecule has 4 nitrogen and oxygen atoms in total. The molecule has 1 aliphatic rings. The van der Waals surface area contributed by atoms with Gasteiger partial charge in [0.1, 0.15) is 0 Å². The molecule has 0 atom stereocenters. The Labute approximate surface area is 140 Å². The van der Waals surface area contributed by atoms with E-state index in [1.54, 1.807) is 24.3 Å². The van der Waals surface area contributed by atoms with Crippen LogP contribution in [0.1, 0.15) is 56.9 Å². The van der Waals surface area contributed by atoms with Crippen LogP contribution in [0.2, 0.25) is 0 Å². The fourth-order valence-corrected chi connectivity index (χ4v) is 3.75. The first kappa shape index (κ1) is 18.4. The van der Waals surface area contributed by atoms with Crippen LogP contribution < -0.4 is 0 Å². The number of aryl methyl sites for hydroxylation is 1. The van der Waals surface area contributed by atoms with Crippen LogP contribution in [0.25, 0.3) is 0 Å². The zero-order chi connectivity index (χ0) is 16.5. The Hall–Kier alpha value is -0.910. The molecule has 1 aromatic rings. The van der Waals surface area contributed by atoms with Crippen LogP contribution in [0, 0.1) is 6.92 Å². The smallest absolute Gasteiger partial charge is 0.296 e. The third-order valence-corrected chi connectivity index (χ3v) is 5.57. The minimum Gasteiger partial charge on any atom is -0.378 e. The zero-order valence-corrected chi connectivity index (χ0v) is 14.8. The van der Waals surface area contributed by atoms with Crippen molar-refractivity contribution >= 4 is 10.1 Å². The Morgan fingerprint density at radius 2 is 1.61 bits per heavy atom. The standard InChI is InChI=1S/C18H28O4S/c1-16-10-12-18(13-11-16)23(19,20)22-15-7-3-6-14-21-17-8-4-2-5-9-17/h10-13,17H,2-9,14-15H2,1H3. The molecular weight excluding hydrogens is 312 g/mol. The number of unbranched alkanes of at least 4 members (excludes halogenated alkanes) is 2. The van der Waals surface area contributed by atoms with Crippen LogP contribution in [0.15, 0.2) is 29.2 Å². The lowest BCUT2D eigenvalue weighted by Crippen LogP contribution is -2.17. The summed E-state index contributed by atoms with van der Waals surface area (Å²) in [7, 11) is -3.62. The van der Waals surface area contributed by atoms with Gasteiger partial charge in [-0.25, -0.2) is 0 Å². The zero-order valence-electron chi connectivity index (χ0n) is 14.0. The third kappa shape index (κ3) is 6.61. The Balaban J connectivity index is 1.56. The topological polar surface area (TPSA) is 52.6 Å². The van der Waals surface area contributed by atoms with Crippen molar-refractivity contribution in [3.8, 4) is 0 Å². The number of benzene rings is 1. The third-order valence-electron chi connectivity index (χ3n) is 4.24. The Morgan fingerprint density at radius 3 is 2.30 bits per heavy atom. The van der Waals surface area contributed by atoms with Crippen molar-refractivity contribution in [1.82, 2.24) is 0 Å². The first-order valence-corrected chi connectivity index (χ1v) is 10.1. The van der Waals surface area contributed by atoms with Gasteiger partial charge < -0.3 is 4.74 Å². The van der Waals surface area contributed by atoms with Crippen molar-refractivity contribution in [2.45, 2.75) is 69.3 Å². The van der Waals surface area contributed by atoms with E-state index in [9.17, 15) is 8.42 Å².